The van der Waals surface area contributed by atoms with Crippen molar-refractivity contribution in [2.24, 2.45) is 41.4 Å². The van der Waals surface area contributed by atoms with Crippen molar-refractivity contribution in [1.29, 1.82) is 0 Å². The van der Waals surface area contributed by atoms with Gasteiger partial charge in [0.2, 0.25) is 0 Å². The Morgan fingerprint density at radius 2 is 0.750 bits per heavy atom. The summed E-state index contributed by atoms with van der Waals surface area (Å²) in [6, 6.07) is 124. The summed E-state index contributed by atoms with van der Waals surface area (Å²) in [4.78, 5) is 50.1. The van der Waals surface area contributed by atoms with Crippen molar-refractivity contribution in [3.63, 3.8) is 0 Å². The number of hydrogen-bond donors (Lipinski definition) is 2. The summed E-state index contributed by atoms with van der Waals surface area (Å²) in [5, 5.41) is 21.3. The molecule has 148 heavy (non-hydrogen) atoms. The molecule has 4 radical (unpaired) electrons. The van der Waals surface area contributed by atoms with Crippen LogP contribution in [0.15, 0.2) is 352 Å². The molecular formula is C134H144Ir4N6O4-6. The zero-order chi connectivity index (χ0) is 104. The predicted octanol–water partition coefficient (Wildman–Crippen LogP) is 34.9. The predicted molar refractivity (Wildman–Crippen MR) is 605 cm³/mol. The summed E-state index contributed by atoms with van der Waals surface area (Å²) >= 11 is 0. The largest absolute Gasteiger partial charge is 0.512 e. The van der Waals surface area contributed by atoms with Gasteiger partial charge in [0.1, 0.15) is 0 Å². The molecule has 17 aromatic rings. The number of ketones is 2. The molecule has 0 fully saturated rings. The van der Waals surface area contributed by atoms with Crippen LogP contribution in [0.1, 0.15) is 185 Å². The maximum atomic E-state index is 11.4. The summed E-state index contributed by atoms with van der Waals surface area (Å²) in [5.41, 5.74) is 34.2. The van der Waals surface area contributed by atoms with E-state index in [0.29, 0.717) is 67.1 Å². The maximum Gasteiger partial charge on any atom is 0.159 e. The van der Waals surface area contributed by atoms with Gasteiger partial charge in [0, 0.05) is 159 Å². The Hall–Kier alpha value is -12.1. The van der Waals surface area contributed by atoms with Crippen LogP contribution in [0.3, 0.4) is 0 Å². The molecule has 17 rings (SSSR count). The van der Waals surface area contributed by atoms with Crippen LogP contribution in [-0.2, 0) is 109 Å². The number of carbonyl (C=O) groups is 2. The molecule has 2 N–H and O–H groups in total. The number of carbonyl (C=O) groups excluding carboxylic acids is 2. The fraction of sp³-hybridized carbons (Fsp3) is 0.269. The number of rotatable bonds is 26. The molecule has 0 bridgehead atoms. The van der Waals surface area contributed by atoms with Gasteiger partial charge >= 0.3 is 0 Å². The zero-order valence-corrected chi connectivity index (χ0v) is 99.3. The second-order valence-electron chi connectivity index (χ2n) is 39.9. The van der Waals surface area contributed by atoms with E-state index in [4.69, 9.17) is 9.97 Å². The van der Waals surface area contributed by atoms with E-state index in [1.807, 2.05) is 208 Å². The summed E-state index contributed by atoms with van der Waals surface area (Å²) in [6.45, 7) is 44.4. The molecule has 14 heteroatoms. The minimum atomic E-state index is 0. The first-order valence-corrected chi connectivity index (χ1v) is 50.7. The number of pyridine rings is 6. The molecule has 11 aromatic carbocycles. The van der Waals surface area contributed by atoms with E-state index in [-0.39, 0.29) is 104 Å². The number of aliphatic hydroxyl groups excluding tert-OH is 2. The van der Waals surface area contributed by atoms with Crippen LogP contribution >= 0.6 is 0 Å². The molecule has 776 valence electrons. The van der Waals surface area contributed by atoms with Crippen LogP contribution in [-0.4, -0.2) is 51.7 Å². The number of aliphatic hydroxyl groups is 2. The standard InChI is InChI=1S/C27H26N.C21H22N.C21H20N.C18H14N.2C12H10N.C12H22O2.C11H20O2.4Ir/c1-18(2)12-23-17-27(24-14-19(3)13-20(4)15-24)28-26-11-10-22(16-25(23)26)21-8-6-5-7-9-21;1-14(2)10-17-6-5-7-21-19(17)8-9-20(22-21)18-12-15(3)11-16(4)13-18;1-16(2)14-17-8-10-18(11-9-17)20-12-13-22-21(15-20)19-6-4-3-5-7-19;1-14-12-18(16-10-6-3-7-11-16)19-13-17(14)15-8-4-2-5-9-15;1-10-7-8-13-12(9-10)11-5-3-2-4-6-11;1-10-7-8-12(13-9-10)11-5-3-2-4-6-11;1-5-10(4)7-12(14)8-11(13)6-9(2)3;1-8(2)5-10(12)7-11(13)6-9(3)4;;;;/h5-11,13-14,16-18H,12H2,1-4H3;5-9,11-12,14H,10H2,1-4H3;3-6,8-13,15-16H,14H2,1-2H3;2-10,12-13H,1H3;2*2-5,7-9H,1H3;8-10,13H,5-7H2,1-4H3;7-9,12H,5-6H2,1-4H3;;;;/q6*-1;;;;;;. The minimum absolute atomic E-state index is 0. The number of aryl methyl sites for hydroxylation is 7. The number of aromatic nitrogens is 6. The molecule has 1 atom stereocenters. The van der Waals surface area contributed by atoms with Crippen molar-refractivity contribution >= 4 is 33.4 Å². The van der Waals surface area contributed by atoms with Gasteiger partial charge in [-0.1, -0.05) is 288 Å². The van der Waals surface area contributed by atoms with Crippen molar-refractivity contribution in [1.82, 2.24) is 29.9 Å². The van der Waals surface area contributed by atoms with Crippen molar-refractivity contribution in [3.8, 4) is 101 Å². The SMILES string of the molecule is CC(C)CC(=O)C=C(O)CC(C)C.CC(C)Cc1ccc(-c2ccnc(-c3[c-]cccc3)c2)cc1.CCC(C)CC(=O)C=C(O)CC(C)C.Cc1[c-]c(-c2cc(CC(C)C)c3cc(-c4ccccc4)ccc3n2)cc(C)c1.Cc1[c-]c(-c2ccc3c(CC(C)C)cccc3n2)cc(C)c1.Cc1cc(-c2[c-]cccc2)ncc1-c1ccccc1.Cc1ccc(-c2[c-]cccc2)nc1.Cc1ccnc(-c2[c-]cccc2)c1.[Ir].[Ir].[Ir].[Ir]. The first kappa shape index (κ1) is 125. The molecule has 0 spiro atoms. The molecule has 10 nitrogen and oxygen atoms in total. The fourth-order valence-electron chi connectivity index (χ4n) is 16.4. The molecule has 6 aromatic heterocycles. The maximum absolute atomic E-state index is 11.4. The normalized spacial score (nSPS) is 11.0. The average Bonchev–Trinajstić information content (AvgIpc) is 0.776. The molecule has 0 amide bonds. The number of hydrogen-bond acceptors (Lipinski definition) is 10. The van der Waals surface area contributed by atoms with Gasteiger partial charge in [0.05, 0.1) is 22.6 Å². The van der Waals surface area contributed by atoms with Gasteiger partial charge in [-0.05, 0) is 202 Å². The summed E-state index contributed by atoms with van der Waals surface area (Å²) in [6.07, 6.45) is 16.7. The number of allylic oxidation sites excluding steroid dienone is 4. The van der Waals surface area contributed by atoms with Crippen molar-refractivity contribution in [3.05, 3.63) is 444 Å². The molecule has 0 saturated heterocycles. The number of benzene rings is 11. The Morgan fingerprint density at radius 1 is 0.311 bits per heavy atom. The van der Waals surface area contributed by atoms with Gasteiger partial charge in [-0.2, -0.15) is 0 Å². The third-order valence-corrected chi connectivity index (χ3v) is 23.3. The fourth-order valence-corrected chi connectivity index (χ4v) is 16.4. The molecule has 0 saturated carbocycles. The number of fused-ring (bicyclic) bond motifs is 2. The third-order valence-electron chi connectivity index (χ3n) is 23.3. The van der Waals surface area contributed by atoms with Crippen molar-refractivity contribution in [2.45, 2.75) is 197 Å². The van der Waals surface area contributed by atoms with Gasteiger partial charge in [-0.15, -0.1) is 213 Å². The van der Waals surface area contributed by atoms with E-state index in [9.17, 15) is 19.8 Å². The van der Waals surface area contributed by atoms with Gasteiger partial charge in [-0.25, -0.2) is 0 Å². The van der Waals surface area contributed by atoms with Gasteiger partial charge < -0.3 is 30.1 Å². The van der Waals surface area contributed by atoms with Crippen LogP contribution < -0.4 is 0 Å². The van der Waals surface area contributed by atoms with Crippen molar-refractivity contribution < 1.29 is 100 Å². The topological polar surface area (TPSA) is 152 Å². The Kier molecular flexibility index (Phi) is 54.7. The van der Waals surface area contributed by atoms with E-state index in [0.717, 1.165) is 115 Å². The van der Waals surface area contributed by atoms with Gasteiger partial charge in [-0.3, -0.25) is 19.6 Å². The quantitative estimate of drug-likeness (QED) is 0.0304. The second-order valence-corrected chi connectivity index (χ2v) is 39.9. The second kappa shape index (κ2) is 65.0. The van der Waals surface area contributed by atoms with Gasteiger partial charge in [0.25, 0.3) is 0 Å². The zero-order valence-electron chi connectivity index (χ0n) is 89.8. The monoisotopic (exact) mass is 2670 g/mol. The first-order valence-electron chi connectivity index (χ1n) is 50.7. The molecule has 6 heterocycles. The van der Waals surface area contributed by atoms with Gasteiger partial charge in [0.15, 0.2) is 11.6 Å². The Bertz CT molecular complexity index is 6880. The average molecular weight is 2670 g/mol. The third kappa shape index (κ3) is 42.8. The molecule has 1 unspecified atom stereocenters. The molecular weight excluding hydrogens is 2530 g/mol. The smallest absolute Gasteiger partial charge is 0.159 e. The number of nitrogens with zero attached hydrogens (tertiary/aromatic N) is 6. The first-order chi connectivity index (χ1) is 69.2. The minimum Gasteiger partial charge on any atom is -0.512 e. The van der Waals surface area contributed by atoms with E-state index in [1.54, 1.807) is 0 Å². The molecule has 0 aliphatic rings. The van der Waals surface area contributed by atoms with Crippen LogP contribution in [0.25, 0.3) is 123 Å². The Labute approximate surface area is 938 Å². The van der Waals surface area contributed by atoms with Crippen LogP contribution in [0.2, 0.25) is 0 Å². The Balaban J connectivity index is 0.000000261. The molecule has 0 aliphatic heterocycles. The Morgan fingerprint density at radius 3 is 1.23 bits per heavy atom. The molecule has 0 aliphatic carbocycles. The summed E-state index contributed by atoms with van der Waals surface area (Å²) in [5.74, 6) is 3.96. The van der Waals surface area contributed by atoms with Crippen LogP contribution in [0.5, 0.6) is 0 Å². The van der Waals surface area contributed by atoms with Crippen LogP contribution in [0.4, 0.5) is 0 Å². The van der Waals surface area contributed by atoms with E-state index < -0.39 is 0 Å². The van der Waals surface area contributed by atoms with Crippen molar-refractivity contribution in [2.75, 3.05) is 0 Å². The summed E-state index contributed by atoms with van der Waals surface area (Å²) in [7, 11) is 0. The van der Waals surface area contributed by atoms with E-state index in [1.165, 1.54) is 101 Å². The summed E-state index contributed by atoms with van der Waals surface area (Å²) < 4.78 is 0. The van der Waals surface area contributed by atoms with Crippen LogP contribution in [0, 0.1) is 126 Å². The van der Waals surface area contributed by atoms with E-state index >= 15 is 0 Å². The van der Waals surface area contributed by atoms with E-state index in [2.05, 4.69) is 322 Å².